The molecule has 0 aliphatic heterocycles. The van der Waals surface area contributed by atoms with Crippen LogP contribution in [0.1, 0.15) is 43.5 Å². The summed E-state index contributed by atoms with van der Waals surface area (Å²) >= 11 is 0. The molecule has 0 aromatic heterocycles. The van der Waals surface area contributed by atoms with E-state index in [1.165, 1.54) is 18.2 Å². The molecule has 6 nitrogen and oxygen atoms in total. The maximum Gasteiger partial charge on any atom is 0.408 e. The zero-order valence-electron chi connectivity index (χ0n) is 19.3. The van der Waals surface area contributed by atoms with Crippen molar-refractivity contribution in [1.82, 2.24) is 5.32 Å². The largest absolute Gasteiger partial charge is 0.467 e. The van der Waals surface area contributed by atoms with E-state index in [0.717, 1.165) is 6.42 Å². The van der Waals surface area contributed by atoms with Crippen molar-refractivity contribution in [2.45, 2.75) is 38.8 Å². The highest BCUT2D eigenvalue weighted by molar-refractivity contribution is 5.82. The van der Waals surface area contributed by atoms with Crippen LogP contribution >= 0.6 is 0 Å². The Morgan fingerprint density at radius 2 is 1.36 bits per heavy atom. The third-order valence-electron chi connectivity index (χ3n) is 4.72. The number of amides is 1. The lowest BCUT2D eigenvalue weighted by molar-refractivity contribution is -0.143. The van der Waals surface area contributed by atoms with Gasteiger partial charge in [-0.25, -0.2) is 9.59 Å². The number of rotatable bonds is 7. The highest BCUT2D eigenvalue weighted by atomic mass is 16.6. The van der Waals surface area contributed by atoms with Gasteiger partial charge in [0.1, 0.15) is 17.1 Å². The van der Waals surface area contributed by atoms with Crippen LogP contribution in [0.25, 0.3) is 0 Å². The molecular weight excluding hydrogens is 418 g/mol. The number of hydrogen-bond acceptors (Lipinski definition) is 5. The lowest BCUT2D eigenvalue weighted by Gasteiger charge is -2.22. The third kappa shape index (κ3) is 7.38. The van der Waals surface area contributed by atoms with E-state index < -0.39 is 23.7 Å². The molecule has 3 aromatic carbocycles. The Kier molecular flexibility index (Phi) is 7.72. The van der Waals surface area contributed by atoms with Crippen molar-refractivity contribution in [3.05, 3.63) is 95.6 Å². The van der Waals surface area contributed by atoms with Crippen molar-refractivity contribution in [2.75, 3.05) is 7.11 Å². The van der Waals surface area contributed by atoms with E-state index in [2.05, 4.69) is 17.4 Å². The van der Waals surface area contributed by atoms with Crippen molar-refractivity contribution >= 4 is 12.1 Å². The molecule has 0 spiro atoms. The summed E-state index contributed by atoms with van der Waals surface area (Å²) in [6, 6.07) is 24.1. The standard InChI is InChI=1S/C27H29NO5/c1-27(2,3)33-26(30)28-24(25(29)31-4)21-12-16-23(17-13-21)32-22-14-10-20(11-15-22)18-19-8-6-5-7-9-19/h5-17,24H,18H2,1-4H3,(H,28,30)/t24-/m1/s1. The molecule has 1 atom stereocenters. The van der Waals surface area contributed by atoms with Crippen molar-refractivity contribution in [2.24, 2.45) is 0 Å². The average Bonchev–Trinajstić information content (AvgIpc) is 2.78. The first-order chi connectivity index (χ1) is 15.7. The summed E-state index contributed by atoms with van der Waals surface area (Å²) in [6.45, 7) is 5.25. The van der Waals surface area contributed by atoms with Crippen LogP contribution in [0.15, 0.2) is 78.9 Å². The first-order valence-electron chi connectivity index (χ1n) is 10.7. The molecule has 1 amide bonds. The van der Waals surface area contributed by atoms with E-state index in [9.17, 15) is 9.59 Å². The van der Waals surface area contributed by atoms with Crippen molar-refractivity contribution in [1.29, 1.82) is 0 Å². The van der Waals surface area contributed by atoms with E-state index in [1.807, 2.05) is 42.5 Å². The van der Waals surface area contributed by atoms with E-state index in [1.54, 1.807) is 45.0 Å². The van der Waals surface area contributed by atoms with Crippen LogP contribution in [0.5, 0.6) is 11.5 Å². The quantitative estimate of drug-likeness (QED) is 0.463. The van der Waals surface area contributed by atoms with Crippen LogP contribution in [0.4, 0.5) is 4.79 Å². The summed E-state index contributed by atoms with van der Waals surface area (Å²) in [5, 5.41) is 2.56. The molecular formula is C27H29NO5. The number of carbonyl (C=O) groups excluding carboxylic acids is 2. The van der Waals surface area contributed by atoms with E-state index in [4.69, 9.17) is 14.2 Å². The van der Waals surface area contributed by atoms with Crippen molar-refractivity contribution in [3.8, 4) is 11.5 Å². The smallest absolute Gasteiger partial charge is 0.408 e. The molecule has 33 heavy (non-hydrogen) atoms. The molecule has 0 saturated carbocycles. The zero-order valence-corrected chi connectivity index (χ0v) is 19.3. The molecule has 0 fully saturated rings. The van der Waals surface area contributed by atoms with Crippen LogP contribution in [0, 0.1) is 0 Å². The summed E-state index contributed by atoms with van der Waals surface area (Å²) < 4.78 is 16.0. The number of methoxy groups -OCH3 is 1. The van der Waals surface area contributed by atoms with Gasteiger partial charge >= 0.3 is 12.1 Å². The monoisotopic (exact) mass is 447 g/mol. The van der Waals surface area contributed by atoms with Gasteiger partial charge in [0.25, 0.3) is 0 Å². The molecule has 0 unspecified atom stereocenters. The van der Waals surface area contributed by atoms with E-state index in [-0.39, 0.29) is 0 Å². The summed E-state index contributed by atoms with van der Waals surface area (Å²) in [5.74, 6) is 0.718. The third-order valence-corrected chi connectivity index (χ3v) is 4.72. The summed E-state index contributed by atoms with van der Waals surface area (Å²) in [6.07, 6.45) is 0.156. The molecule has 0 saturated heterocycles. The number of esters is 1. The fraction of sp³-hybridized carbons (Fsp3) is 0.259. The van der Waals surface area contributed by atoms with Gasteiger partial charge in [0.05, 0.1) is 7.11 Å². The molecule has 6 heteroatoms. The highest BCUT2D eigenvalue weighted by Gasteiger charge is 2.26. The maximum atomic E-state index is 12.2. The van der Waals surface area contributed by atoms with Crippen LogP contribution in [-0.2, 0) is 20.7 Å². The first kappa shape index (κ1) is 23.9. The molecule has 0 aliphatic carbocycles. The van der Waals surface area contributed by atoms with E-state index >= 15 is 0 Å². The SMILES string of the molecule is COC(=O)[C@H](NC(=O)OC(C)(C)C)c1ccc(Oc2ccc(Cc3ccccc3)cc2)cc1. The number of hydrogen-bond donors (Lipinski definition) is 1. The normalized spacial score (nSPS) is 11.9. The molecule has 0 bridgehead atoms. The van der Waals surface area contributed by atoms with Gasteiger partial charge in [-0.3, -0.25) is 0 Å². The summed E-state index contributed by atoms with van der Waals surface area (Å²) in [7, 11) is 1.27. The predicted octanol–water partition coefficient (Wildman–Crippen LogP) is 5.81. The van der Waals surface area contributed by atoms with Gasteiger partial charge in [0.15, 0.2) is 6.04 Å². The minimum atomic E-state index is -0.990. The molecule has 1 N–H and O–H groups in total. The second kappa shape index (κ2) is 10.7. The van der Waals surface area contributed by atoms with Gasteiger partial charge < -0.3 is 19.5 Å². The highest BCUT2D eigenvalue weighted by Crippen LogP contribution is 2.25. The Morgan fingerprint density at radius 1 is 0.818 bits per heavy atom. The van der Waals surface area contributed by atoms with Gasteiger partial charge in [0.2, 0.25) is 0 Å². The lowest BCUT2D eigenvalue weighted by Crippen LogP contribution is -2.38. The fourth-order valence-electron chi connectivity index (χ4n) is 3.19. The van der Waals surface area contributed by atoms with Crippen LogP contribution < -0.4 is 10.1 Å². The molecule has 3 aromatic rings. The number of alkyl carbamates (subject to hydrolysis) is 1. The van der Waals surface area contributed by atoms with Gasteiger partial charge in [-0.05, 0) is 68.1 Å². The lowest BCUT2D eigenvalue weighted by atomic mass is 10.1. The van der Waals surface area contributed by atoms with Crippen LogP contribution in [0.3, 0.4) is 0 Å². The second-order valence-corrected chi connectivity index (χ2v) is 8.58. The minimum absolute atomic E-state index is 0.554. The van der Waals surface area contributed by atoms with E-state index in [0.29, 0.717) is 17.1 Å². The summed E-state index contributed by atoms with van der Waals surface area (Å²) in [4.78, 5) is 24.4. The molecule has 0 radical (unpaired) electrons. The molecule has 0 heterocycles. The van der Waals surface area contributed by atoms with Crippen LogP contribution in [0.2, 0.25) is 0 Å². The average molecular weight is 448 g/mol. The first-order valence-corrected chi connectivity index (χ1v) is 10.7. The number of ether oxygens (including phenoxy) is 3. The fourth-order valence-corrected chi connectivity index (χ4v) is 3.19. The number of benzene rings is 3. The Balaban J connectivity index is 1.65. The minimum Gasteiger partial charge on any atom is -0.467 e. The Bertz CT molecular complexity index is 1050. The molecule has 3 rings (SSSR count). The van der Waals surface area contributed by atoms with Gasteiger partial charge in [-0.1, -0.05) is 54.6 Å². The van der Waals surface area contributed by atoms with Gasteiger partial charge in [-0.15, -0.1) is 0 Å². The van der Waals surface area contributed by atoms with Crippen molar-refractivity contribution in [3.63, 3.8) is 0 Å². The molecule has 0 aliphatic rings. The van der Waals surface area contributed by atoms with Gasteiger partial charge in [0, 0.05) is 0 Å². The topological polar surface area (TPSA) is 73.9 Å². The van der Waals surface area contributed by atoms with Crippen molar-refractivity contribution < 1.29 is 23.8 Å². The Hall–Kier alpha value is -3.80. The van der Waals surface area contributed by atoms with Gasteiger partial charge in [-0.2, -0.15) is 0 Å². The number of carbonyl (C=O) groups is 2. The zero-order chi connectivity index (χ0) is 23.8. The predicted molar refractivity (Wildman–Crippen MR) is 126 cm³/mol. The molecule has 172 valence electrons. The number of nitrogens with one attached hydrogen (secondary N) is 1. The second-order valence-electron chi connectivity index (χ2n) is 8.58. The summed E-state index contributed by atoms with van der Waals surface area (Å²) in [5.41, 5.74) is 2.32. The van der Waals surface area contributed by atoms with Crippen LogP contribution in [-0.4, -0.2) is 24.8 Å². The Morgan fingerprint density at radius 3 is 1.91 bits per heavy atom. The maximum absolute atomic E-state index is 12.2. The Labute approximate surface area is 194 Å².